The maximum Gasteiger partial charge on any atom is 0.420 e. The topological polar surface area (TPSA) is 49.8 Å². The molecule has 7 heteroatoms. The molecule has 5 rings (SSSR count). The molecule has 4 nitrogen and oxygen atoms in total. The molecule has 2 heterocycles. The van der Waals surface area contributed by atoms with Crippen LogP contribution in [0.3, 0.4) is 0 Å². The van der Waals surface area contributed by atoms with E-state index < -0.39 is 17.7 Å². The summed E-state index contributed by atoms with van der Waals surface area (Å²) in [4.78, 5) is 14.0. The van der Waals surface area contributed by atoms with Crippen LogP contribution in [-0.4, -0.2) is 40.7 Å². The van der Waals surface area contributed by atoms with E-state index in [1.165, 1.54) is 6.07 Å². The molecule has 2 unspecified atom stereocenters. The summed E-state index contributed by atoms with van der Waals surface area (Å²) in [6.45, 7) is 2.98. The van der Waals surface area contributed by atoms with E-state index in [2.05, 4.69) is 11.8 Å². The van der Waals surface area contributed by atoms with Crippen molar-refractivity contribution in [1.29, 1.82) is 0 Å². The molecule has 2 bridgehead atoms. The number of hydrogen-bond donors (Lipinski definition) is 1. The van der Waals surface area contributed by atoms with E-state index in [1.807, 2.05) is 12.1 Å². The van der Waals surface area contributed by atoms with Gasteiger partial charge in [-0.05, 0) is 86.1 Å². The summed E-state index contributed by atoms with van der Waals surface area (Å²) >= 11 is 0. The summed E-state index contributed by atoms with van der Waals surface area (Å²) in [6, 6.07) is 9.10. The molecule has 2 aromatic rings. The molecule has 1 N–H and O–H groups in total. The van der Waals surface area contributed by atoms with Crippen molar-refractivity contribution in [3.05, 3.63) is 41.5 Å². The third-order valence-electron chi connectivity index (χ3n) is 8.72. The number of carboxylic acid groups (broad SMARTS) is 1. The van der Waals surface area contributed by atoms with Crippen molar-refractivity contribution in [2.45, 2.75) is 95.5 Å². The predicted molar refractivity (Wildman–Crippen MR) is 133 cm³/mol. The van der Waals surface area contributed by atoms with Crippen LogP contribution in [0.15, 0.2) is 30.3 Å². The summed E-state index contributed by atoms with van der Waals surface area (Å²) in [6.07, 6.45) is 4.21. The monoisotopic (exact) mass is 503 g/mol. The fraction of sp³-hybridized carbons (Fsp3) is 0.621. The minimum absolute atomic E-state index is 0.0589. The van der Waals surface area contributed by atoms with E-state index in [-0.39, 0.29) is 23.2 Å². The second-order valence-electron chi connectivity index (χ2n) is 11.2. The average Bonchev–Trinajstić information content (AvgIpc) is 2.82. The van der Waals surface area contributed by atoms with Gasteiger partial charge in [-0.1, -0.05) is 37.6 Å². The van der Waals surface area contributed by atoms with Gasteiger partial charge < -0.3 is 9.84 Å². The lowest BCUT2D eigenvalue weighted by Gasteiger charge is -2.48. The lowest BCUT2D eigenvalue weighted by molar-refractivity contribution is -0.146. The number of fused-ring (bicyclic) bond motifs is 3. The van der Waals surface area contributed by atoms with Crippen LogP contribution in [0.1, 0.15) is 75.8 Å². The summed E-state index contributed by atoms with van der Waals surface area (Å²) in [7, 11) is 0. The normalized spacial score (nSPS) is 29.3. The maximum absolute atomic E-state index is 14.2. The van der Waals surface area contributed by atoms with Gasteiger partial charge >= 0.3 is 12.1 Å². The quantitative estimate of drug-likeness (QED) is 0.458. The highest BCUT2D eigenvalue weighted by molar-refractivity contribution is 5.89. The van der Waals surface area contributed by atoms with E-state index in [4.69, 9.17) is 4.74 Å². The zero-order chi connectivity index (χ0) is 25.4. The minimum atomic E-state index is -4.50. The molecular weight excluding hydrogens is 467 g/mol. The molecule has 2 atom stereocenters. The van der Waals surface area contributed by atoms with E-state index >= 15 is 0 Å². The Hall–Kier alpha value is -2.28. The van der Waals surface area contributed by atoms with Crippen molar-refractivity contribution in [1.82, 2.24) is 4.90 Å². The highest BCUT2D eigenvalue weighted by Gasteiger charge is 2.40. The molecule has 1 saturated carbocycles. The van der Waals surface area contributed by atoms with E-state index in [9.17, 15) is 23.1 Å². The standard InChI is InChI=1S/C29H36F3NO3/c1-18-5-9-24(10-6-18)36-26-12-8-20-15-19(7-11-25(20)27(26)29(30,31)32)13-14-33-22-3-2-4-23(33)17-21(16-22)28(34)35/h7-8,11-12,15,18,21-24H,2-6,9-10,13-14,16-17H2,1H3,(H,34,35)/t18-,21?,22?,23?,24+. The molecule has 196 valence electrons. The van der Waals surface area contributed by atoms with Gasteiger partial charge in [0.2, 0.25) is 0 Å². The van der Waals surface area contributed by atoms with Crippen molar-refractivity contribution in [3.63, 3.8) is 0 Å². The van der Waals surface area contributed by atoms with Gasteiger partial charge in [-0.15, -0.1) is 0 Å². The molecule has 1 aliphatic carbocycles. The Balaban J connectivity index is 1.33. The van der Waals surface area contributed by atoms with Crippen LogP contribution in [0.5, 0.6) is 5.75 Å². The Morgan fingerprint density at radius 1 is 1.03 bits per heavy atom. The number of piperidine rings is 2. The summed E-state index contributed by atoms with van der Waals surface area (Å²) in [5.41, 5.74) is 0.333. The molecule has 2 saturated heterocycles. The Morgan fingerprint density at radius 3 is 2.36 bits per heavy atom. The first-order valence-electron chi connectivity index (χ1n) is 13.5. The number of hydrogen-bond acceptors (Lipinski definition) is 3. The highest BCUT2D eigenvalue weighted by atomic mass is 19.4. The minimum Gasteiger partial charge on any atom is -0.490 e. The Kier molecular flexibility index (Phi) is 7.21. The lowest BCUT2D eigenvalue weighted by Crippen LogP contribution is -2.53. The van der Waals surface area contributed by atoms with Crippen LogP contribution >= 0.6 is 0 Å². The van der Waals surface area contributed by atoms with Crippen molar-refractivity contribution < 1.29 is 27.8 Å². The van der Waals surface area contributed by atoms with E-state index in [0.29, 0.717) is 36.2 Å². The SMILES string of the molecule is C[C@H]1CC[C@@H](Oc2ccc3cc(CCN4C5CCCC4CC(C(=O)O)C5)ccc3c2C(F)(F)F)CC1. The molecule has 3 fully saturated rings. The van der Waals surface area contributed by atoms with Crippen LogP contribution in [0.2, 0.25) is 0 Å². The Morgan fingerprint density at radius 2 is 1.72 bits per heavy atom. The smallest absolute Gasteiger partial charge is 0.420 e. The number of nitrogens with zero attached hydrogens (tertiary/aromatic N) is 1. The van der Waals surface area contributed by atoms with Gasteiger partial charge in [0.1, 0.15) is 11.3 Å². The van der Waals surface area contributed by atoms with Gasteiger partial charge in [0, 0.05) is 18.6 Å². The van der Waals surface area contributed by atoms with Crippen LogP contribution in [0, 0.1) is 11.8 Å². The first kappa shape index (κ1) is 25.4. The van der Waals surface area contributed by atoms with Gasteiger partial charge in [0.25, 0.3) is 0 Å². The summed E-state index contributed by atoms with van der Waals surface area (Å²) in [5.74, 6) is -0.407. The van der Waals surface area contributed by atoms with Crippen LogP contribution in [0.25, 0.3) is 10.8 Å². The molecule has 36 heavy (non-hydrogen) atoms. The summed E-state index contributed by atoms with van der Waals surface area (Å²) < 4.78 is 48.5. The molecule has 0 aromatic heterocycles. The van der Waals surface area contributed by atoms with Gasteiger partial charge in [-0.2, -0.15) is 13.2 Å². The average molecular weight is 504 g/mol. The molecule has 3 aliphatic rings. The number of carboxylic acids is 1. The molecule has 0 spiro atoms. The maximum atomic E-state index is 14.2. The van der Waals surface area contributed by atoms with Crippen molar-refractivity contribution in [2.75, 3.05) is 6.54 Å². The number of rotatable bonds is 6. The van der Waals surface area contributed by atoms with Crippen molar-refractivity contribution in [2.24, 2.45) is 11.8 Å². The third-order valence-corrected chi connectivity index (χ3v) is 8.72. The van der Waals surface area contributed by atoms with Crippen LogP contribution < -0.4 is 4.74 Å². The van der Waals surface area contributed by atoms with Crippen molar-refractivity contribution >= 4 is 16.7 Å². The fourth-order valence-corrected chi connectivity index (χ4v) is 6.74. The number of ether oxygens (including phenoxy) is 1. The van der Waals surface area contributed by atoms with E-state index in [1.54, 1.807) is 12.1 Å². The number of halogens is 3. The third kappa shape index (κ3) is 5.36. The number of aliphatic carboxylic acids is 1. The zero-order valence-corrected chi connectivity index (χ0v) is 20.9. The van der Waals surface area contributed by atoms with Gasteiger partial charge in [0.05, 0.1) is 12.0 Å². The molecule has 2 aliphatic heterocycles. The fourth-order valence-electron chi connectivity index (χ4n) is 6.74. The molecule has 2 aromatic carbocycles. The second kappa shape index (κ2) is 10.2. The first-order chi connectivity index (χ1) is 17.2. The second-order valence-corrected chi connectivity index (χ2v) is 11.2. The zero-order valence-electron chi connectivity index (χ0n) is 20.9. The largest absolute Gasteiger partial charge is 0.490 e. The highest BCUT2D eigenvalue weighted by Crippen LogP contribution is 2.43. The Bertz CT molecular complexity index is 1080. The number of carbonyl (C=O) groups is 1. The van der Waals surface area contributed by atoms with E-state index in [0.717, 1.165) is 63.5 Å². The predicted octanol–water partition coefficient (Wildman–Crippen LogP) is 7.08. The van der Waals surface area contributed by atoms with Gasteiger partial charge in [-0.3, -0.25) is 9.69 Å². The summed E-state index contributed by atoms with van der Waals surface area (Å²) in [5, 5.41) is 10.2. The Labute approximate surface area is 210 Å². The number of alkyl halides is 3. The lowest BCUT2D eigenvalue weighted by atomic mass is 9.78. The molecule has 0 radical (unpaired) electrons. The molecular formula is C29H36F3NO3. The van der Waals surface area contributed by atoms with Gasteiger partial charge in [0.15, 0.2) is 0 Å². The van der Waals surface area contributed by atoms with Crippen LogP contribution in [-0.2, 0) is 17.4 Å². The van der Waals surface area contributed by atoms with Crippen molar-refractivity contribution in [3.8, 4) is 5.75 Å². The van der Waals surface area contributed by atoms with Gasteiger partial charge in [-0.25, -0.2) is 0 Å². The van der Waals surface area contributed by atoms with Crippen LogP contribution in [0.4, 0.5) is 13.2 Å². The first-order valence-corrected chi connectivity index (χ1v) is 13.5. The number of benzene rings is 2. The molecule has 0 amide bonds.